The van der Waals surface area contributed by atoms with Crippen molar-refractivity contribution in [1.82, 2.24) is 14.8 Å². The topological polar surface area (TPSA) is 71.2 Å². The van der Waals surface area contributed by atoms with E-state index in [1.807, 2.05) is 31.2 Å². The van der Waals surface area contributed by atoms with Crippen LogP contribution in [0.5, 0.6) is 0 Å². The maximum atomic E-state index is 9.88. The second-order valence-corrected chi connectivity index (χ2v) is 5.60. The highest BCUT2D eigenvalue weighted by Gasteiger charge is 2.34. The van der Waals surface area contributed by atoms with Crippen molar-refractivity contribution < 1.29 is 10.2 Å². The summed E-state index contributed by atoms with van der Waals surface area (Å²) in [4.78, 5) is 4.24. The average molecular weight is 340 g/mol. The predicted molar refractivity (Wildman–Crippen MR) is 79.4 cm³/mol. The molecule has 1 aromatic carbocycles. The van der Waals surface area contributed by atoms with Crippen molar-refractivity contribution in [3.8, 4) is 0 Å². The van der Waals surface area contributed by atoms with Crippen molar-refractivity contribution in [2.75, 3.05) is 13.2 Å². The van der Waals surface area contributed by atoms with Crippen LogP contribution in [-0.2, 0) is 18.4 Å². The van der Waals surface area contributed by atoms with Crippen LogP contribution in [0.15, 0.2) is 35.1 Å². The number of rotatable bonds is 6. The van der Waals surface area contributed by atoms with Gasteiger partial charge in [-0.25, -0.2) is 4.98 Å². The van der Waals surface area contributed by atoms with Gasteiger partial charge in [-0.2, -0.15) is 5.10 Å². The molecule has 2 rings (SSSR count). The van der Waals surface area contributed by atoms with Crippen molar-refractivity contribution in [2.24, 2.45) is 0 Å². The molecule has 2 N–H and O–H groups in total. The molecule has 0 aliphatic rings. The third-order valence-electron chi connectivity index (χ3n) is 3.54. The second kappa shape index (κ2) is 6.47. The quantitative estimate of drug-likeness (QED) is 0.837. The first-order valence-electron chi connectivity index (χ1n) is 6.50. The zero-order chi connectivity index (χ0) is 14.6. The summed E-state index contributed by atoms with van der Waals surface area (Å²) < 4.78 is 2.64. The van der Waals surface area contributed by atoms with Crippen molar-refractivity contribution in [3.63, 3.8) is 0 Å². The van der Waals surface area contributed by atoms with Gasteiger partial charge in [0.25, 0.3) is 0 Å². The van der Waals surface area contributed by atoms with Gasteiger partial charge in [0.2, 0.25) is 0 Å². The summed E-state index contributed by atoms with van der Waals surface area (Å²) in [5.41, 5.74) is 0.0932. The van der Waals surface area contributed by atoms with Gasteiger partial charge in [0, 0.05) is 22.9 Å². The minimum atomic E-state index is -0.778. The Balaban J connectivity index is 2.43. The fraction of sp³-hybridized carbons (Fsp3) is 0.429. The molecule has 0 atom stereocenters. The van der Waals surface area contributed by atoms with E-state index in [1.54, 1.807) is 4.68 Å². The molecule has 0 aliphatic heterocycles. The van der Waals surface area contributed by atoms with Crippen molar-refractivity contribution in [3.05, 3.63) is 46.5 Å². The lowest BCUT2D eigenvalue weighted by atomic mass is 9.78. The maximum absolute atomic E-state index is 9.88. The third-order valence-corrected chi connectivity index (χ3v) is 4.23. The third kappa shape index (κ3) is 2.77. The van der Waals surface area contributed by atoms with E-state index in [-0.39, 0.29) is 13.2 Å². The zero-order valence-corrected chi connectivity index (χ0v) is 12.9. The van der Waals surface area contributed by atoms with Gasteiger partial charge in [-0.3, -0.25) is 4.68 Å². The van der Waals surface area contributed by atoms with Crippen LogP contribution in [0.4, 0.5) is 0 Å². The van der Waals surface area contributed by atoms with E-state index < -0.39 is 5.41 Å². The Morgan fingerprint density at radius 2 is 1.95 bits per heavy atom. The van der Waals surface area contributed by atoms with Gasteiger partial charge in [-0.1, -0.05) is 34.1 Å². The monoisotopic (exact) mass is 339 g/mol. The molecule has 0 bridgehead atoms. The maximum Gasteiger partial charge on any atom is 0.138 e. The summed E-state index contributed by atoms with van der Waals surface area (Å²) in [6.45, 7) is 2.36. The molecule has 1 aromatic heterocycles. The van der Waals surface area contributed by atoms with Gasteiger partial charge in [0.05, 0.1) is 13.2 Å². The second-order valence-electron chi connectivity index (χ2n) is 4.75. The highest BCUT2D eigenvalue weighted by Crippen LogP contribution is 2.32. The smallest absolute Gasteiger partial charge is 0.138 e. The lowest BCUT2D eigenvalue weighted by Gasteiger charge is -2.31. The van der Waals surface area contributed by atoms with E-state index in [2.05, 4.69) is 26.0 Å². The summed E-state index contributed by atoms with van der Waals surface area (Å²) in [5, 5.41) is 23.9. The average Bonchev–Trinajstić information content (AvgIpc) is 2.92. The highest BCUT2D eigenvalue weighted by atomic mass is 79.9. The minimum absolute atomic E-state index is 0.164. The summed E-state index contributed by atoms with van der Waals surface area (Å²) >= 11 is 3.49. The molecular formula is C14H18BrN3O2. The largest absolute Gasteiger partial charge is 0.395 e. The highest BCUT2D eigenvalue weighted by molar-refractivity contribution is 9.10. The van der Waals surface area contributed by atoms with Gasteiger partial charge in [-0.15, -0.1) is 0 Å². The number of nitrogens with zero attached hydrogens (tertiary/aromatic N) is 3. The first-order valence-corrected chi connectivity index (χ1v) is 7.29. The molecule has 0 amide bonds. The normalized spacial score (nSPS) is 11.8. The molecule has 20 heavy (non-hydrogen) atoms. The number of hydrogen-bond acceptors (Lipinski definition) is 4. The molecule has 5 nitrogen and oxygen atoms in total. The van der Waals surface area contributed by atoms with E-state index in [0.29, 0.717) is 13.0 Å². The molecule has 0 saturated heterocycles. The molecule has 0 aliphatic carbocycles. The van der Waals surface area contributed by atoms with E-state index in [4.69, 9.17) is 0 Å². The number of benzene rings is 1. The lowest BCUT2D eigenvalue weighted by Crippen LogP contribution is -2.38. The Hall–Kier alpha value is -1.24. The predicted octanol–water partition coefficient (Wildman–Crippen LogP) is 1.53. The van der Waals surface area contributed by atoms with Crippen LogP contribution in [0.1, 0.15) is 18.3 Å². The van der Waals surface area contributed by atoms with Crippen LogP contribution in [-0.4, -0.2) is 38.2 Å². The summed E-state index contributed by atoms with van der Waals surface area (Å²) in [6, 6.07) is 7.61. The van der Waals surface area contributed by atoms with Gasteiger partial charge in [-0.05, 0) is 18.6 Å². The van der Waals surface area contributed by atoms with Crippen LogP contribution in [0.3, 0.4) is 0 Å². The molecule has 0 unspecified atom stereocenters. The SMILES string of the molecule is CCn1ncnc1CC(CO)(CO)c1ccccc1Br. The van der Waals surface area contributed by atoms with Crippen LogP contribution >= 0.6 is 15.9 Å². The minimum Gasteiger partial charge on any atom is -0.395 e. The summed E-state index contributed by atoms with van der Waals surface area (Å²) in [5.74, 6) is 0.756. The molecule has 0 saturated carbocycles. The summed E-state index contributed by atoms with van der Waals surface area (Å²) in [6.07, 6.45) is 1.93. The number of aromatic nitrogens is 3. The van der Waals surface area contributed by atoms with Crippen molar-refractivity contribution in [1.29, 1.82) is 0 Å². The van der Waals surface area contributed by atoms with Gasteiger partial charge in [0.15, 0.2) is 0 Å². The number of halogens is 1. The van der Waals surface area contributed by atoms with Gasteiger partial charge >= 0.3 is 0 Å². The Morgan fingerprint density at radius 3 is 2.55 bits per heavy atom. The van der Waals surface area contributed by atoms with Crippen molar-refractivity contribution >= 4 is 15.9 Å². The van der Waals surface area contributed by atoms with E-state index in [0.717, 1.165) is 15.9 Å². The molecule has 0 fully saturated rings. The van der Waals surface area contributed by atoms with E-state index in [9.17, 15) is 10.2 Å². The van der Waals surface area contributed by atoms with Crippen LogP contribution in [0, 0.1) is 0 Å². The van der Waals surface area contributed by atoms with Crippen LogP contribution in [0.25, 0.3) is 0 Å². The van der Waals surface area contributed by atoms with Gasteiger partial charge < -0.3 is 10.2 Å². The fourth-order valence-corrected chi connectivity index (χ4v) is 3.02. The number of aliphatic hydroxyl groups is 2. The van der Waals surface area contributed by atoms with E-state index >= 15 is 0 Å². The molecule has 2 aromatic rings. The number of hydrogen-bond donors (Lipinski definition) is 2. The number of aliphatic hydroxyl groups excluding tert-OH is 2. The zero-order valence-electron chi connectivity index (χ0n) is 11.3. The molecule has 6 heteroatoms. The Bertz CT molecular complexity index is 567. The first kappa shape index (κ1) is 15.2. The Morgan fingerprint density at radius 1 is 1.25 bits per heavy atom. The first-order chi connectivity index (χ1) is 9.66. The van der Waals surface area contributed by atoms with Crippen LogP contribution < -0.4 is 0 Å². The molecule has 0 spiro atoms. The molecule has 0 radical (unpaired) electrons. The van der Waals surface area contributed by atoms with Crippen LogP contribution in [0.2, 0.25) is 0 Å². The summed E-state index contributed by atoms with van der Waals surface area (Å²) in [7, 11) is 0. The molecular weight excluding hydrogens is 322 g/mol. The van der Waals surface area contributed by atoms with E-state index in [1.165, 1.54) is 6.33 Å². The Labute approximate surface area is 126 Å². The number of aryl methyl sites for hydroxylation is 1. The van der Waals surface area contributed by atoms with Gasteiger partial charge in [0.1, 0.15) is 12.2 Å². The Kier molecular flexibility index (Phi) is 4.91. The molecule has 108 valence electrons. The lowest BCUT2D eigenvalue weighted by molar-refractivity contribution is 0.113. The standard InChI is InChI=1S/C14H18BrN3O2/c1-2-18-13(16-10-17-18)7-14(8-19,9-20)11-5-3-4-6-12(11)15/h3-6,10,19-20H,2,7-9H2,1H3. The fourth-order valence-electron chi connectivity index (χ4n) is 2.31. The van der Waals surface area contributed by atoms with Crippen molar-refractivity contribution in [2.45, 2.75) is 25.3 Å². The molecule has 1 heterocycles.